The van der Waals surface area contributed by atoms with Crippen molar-refractivity contribution in [2.75, 3.05) is 46.2 Å². The Kier molecular flexibility index (Phi) is 6.51. The normalized spacial score (nSPS) is 20.2. The molecule has 1 aliphatic rings. The van der Waals surface area contributed by atoms with Gasteiger partial charge in [-0.05, 0) is 31.8 Å². The summed E-state index contributed by atoms with van der Waals surface area (Å²) in [5.74, 6) is 0.392. The number of ether oxygens (including phenoxy) is 1. The molecule has 1 fully saturated rings. The molecule has 0 aliphatic carbocycles. The summed E-state index contributed by atoms with van der Waals surface area (Å²) < 4.78 is 30.2. The number of rotatable bonds is 7. The van der Waals surface area contributed by atoms with Crippen LogP contribution in [0.25, 0.3) is 0 Å². The number of hydrogen-bond acceptors (Lipinski definition) is 5. The highest BCUT2D eigenvalue weighted by atomic mass is 32.2. The van der Waals surface area contributed by atoms with Crippen LogP contribution in [0.1, 0.15) is 12.8 Å². The van der Waals surface area contributed by atoms with Crippen molar-refractivity contribution >= 4 is 10.0 Å². The Morgan fingerprint density at radius 2 is 2.06 bits per heavy atom. The van der Waals surface area contributed by atoms with Gasteiger partial charge in [-0.3, -0.25) is 0 Å². The number of sulfonamides is 1. The van der Waals surface area contributed by atoms with Gasteiger partial charge >= 0.3 is 0 Å². The lowest BCUT2D eigenvalue weighted by atomic mass is 10.0. The molecule has 108 valence electrons. The molecule has 7 heteroatoms. The predicted molar refractivity (Wildman–Crippen MR) is 69.9 cm³/mol. The average molecular weight is 280 g/mol. The molecule has 1 saturated heterocycles. The summed E-state index contributed by atoms with van der Waals surface area (Å²) >= 11 is 0. The van der Waals surface area contributed by atoms with Gasteiger partial charge in [0.1, 0.15) is 0 Å². The quantitative estimate of drug-likeness (QED) is 0.642. The summed E-state index contributed by atoms with van der Waals surface area (Å²) in [5, 5.41) is 12.8. The van der Waals surface area contributed by atoms with Crippen LogP contribution in [0.5, 0.6) is 0 Å². The zero-order chi connectivity index (χ0) is 13.6. The molecule has 1 aliphatic heterocycles. The van der Waals surface area contributed by atoms with Gasteiger partial charge in [0.2, 0.25) is 10.0 Å². The molecule has 0 spiro atoms. The van der Waals surface area contributed by atoms with E-state index < -0.39 is 16.1 Å². The number of methoxy groups -OCH3 is 1. The number of piperidine rings is 1. The van der Waals surface area contributed by atoms with Crippen LogP contribution in [0.3, 0.4) is 0 Å². The molecule has 0 saturated carbocycles. The SMILES string of the molecule is COCC(O)CN(C)S(=O)(=O)CC1CCNCC1. The molecule has 0 amide bonds. The summed E-state index contributed by atoms with van der Waals surface area (Å²) in [4.78, 5) is 0. The van der Waals surface area contributed by atoms with E-state index in [4.69, 9.17) is 4.74 Å². The van der Waals surface area contributed by atoms with Gasteiger partial charge in [-0.2, -0.15) is 0 Å². The second kappa shape index (κ2) is 7.40. The molecule has 0 aromatic rings. The summed E-state index contributed by atoms with van der Waals surface area (Å²) in [6.07, 6.45) is 1.02. The van der Waals surface area contributed by atoms with Crippen LogP contribution in [-0.4, -0.2) is 70.1 Å². The third kappa shape index (κ3) is 5.19. The van der Waals surface area contributed by atoms with E-state index in [9.17, 15) is 13.5 Å². The van der Waals surface area contributed by atoms with E-state index in [2.05, 4.69) is 5.32 Å². The summed E-state index contributed by atoms with van der Waals surface area (Å²) in [6, 6.07) is 0. The summed E-state index contributed by atoms with van der Waals surface area (Å²) in [6.45, 7) is 2.00. The molecule has 1 rings (SSSR count). The molecule has 6 nitrogen and oxygen atoms in total. The first-order valence-electron chi connectivity index (χ1n) is 6.27. The van der Waals surface area contributed by atoms with E-state index in [1.54, 1.807) is 0 Å². The van der Waals surface area contributed by atoms with Crippen molar-refractivity contribution in [3.8, 4) is 0 Å². The van der Waals surface area contributed by atoms with Crippen LogP contribution in [0.2, 0.25) is 0 Å². The minimum Gasteiger partial charge on any atom is -0.389 e. The first-order valence-corrected chi connectivity index (χ1v) is 7.88. The van der Waals surface area contributed by atoms with Gasteiger partial charge in [-0.15, -0.1) is 0 Å². The summed E-state index contributed by atoms with van der Waals surface area (Å²) in [7, 11) is -0.295. The van der Waals surface area contributed by atoms with Crippen molar-refractivity contribution in [3.63, 3.8) is 0 Å². The number of hydrogen-bond donors (Lipinski definition) is 2. The highest BCUT2D eigenvalue weighted by Crippen LogP contribution is 2.16. The molecule has 18 heavy (non-hydrogen) atoms. The highest BCUT2D eigenvalue weighted by molar-refractivity contribution is 7.89. The van der Waals surface area contributed by atoms with Gasteiger partial charge in [0.25, 0.3) is 0 Å². The van der Waals surface area contributed by atoms with Gasteiger partial charge in [-0.25, -0.2) is 12.7 Å². The van der Waals surface area contributed by atoms with Crippen LogP contribution < -0.4 is 5.32 Å². The van der Waals surface area contributed by atoms with E-state index in [0.717, 1.165) is 25.9 Å². The fourth-order valence-corrected chi connectivity index (χ4v) is 3.71. The molecule has 0 aromatic carbocycles. The topological polar surface area (TPSA) is 78.9 Å². The standard InChI is InChI=1S/C11H24N2O4S/c1-13(7-11(14)8-17-2)18(15,16)9-10-3-5-12-6-4-10/h10-12,14H,3-9H2,1-2H3. The Labute approximate surface area is 109 Å². The van der Waals surface area contributed by atoms with Gasteiger partial charge in [0.15, 0.2) is 0 Å². The Hall–Kier alpha value is -0.210. The lowest BCUT2D eigenvalue weighted by Crippen LogP contribution is -2.40. The van der Waals surface area contributed by atoms with Gasteiger partial charge in [0, 0.05) is 20.7 Å². The lowest BCUT2D eigenvalue weighted by Gasteiger charge is -2.26. The second-order valence-electron chi connectivity index (χ2n) is 4.86. The van der Waals surface area contributed by atoms with Crippen molar-refractivity contribution in [1.29, 1.82) is 0 Å². The second-order valence-corrected chi connectivity index (χ2v) is 6.98. The smallest absolute Gasteiger partial charge is 0.214 e. The number of likely N-dealkylation sites (N-methyl/N-ethyl adjacent to an activating group) is 1. The molecular weight excluding hydrogens is 256 g/mol. The first kappa shape index (κ1) is 15.8. The molecule has 0 bridgehead atoms. The molecule has 0 aromatic heterocycles. The minimum absolute atomic E-state index is 0.0845. The van der Waals surface area contributed by atoms with Crippen molar-refractivity contribution in [2.45, 2.75) is 18.9 Å². The zero-order valence-corrected chi connectivity index (χ0v) is 11.9. The number of aliphatic hydroxyl groups excluding tert-OH is 1. The largest absolute Gasteiger partial charge is 0.389 e. The maximum Gasteiger partial charge on any atom is 0.214 e. The monoisotopic (exact) mass is 280 g/mol. The Bertz CT molecular complexity index is 328. The van der Waals surface area contributed by atoms with Crippen molar-refractivity contribution in [3.05, 3.63) is 0 Å². The van der Waals surface area contributed by atoms with Crippen LogP contribution in [-0.2, 0) is 14.8 Å². The lowest BCUT2D eigenvalue weighted by molar-refractivity contribution is 0.0553. The highest BCUT2D eigenvalue weighted by Gasteiger charge is 2.26. The van der Waals surface area contributed by atoms with Crippen molar-refractivity contribution in [2.24, 2.45) is 5.92 Å². The van der Waals surface area contributed by atoms with E-state index in [0.29, 0.717) is 0 Å². The van der Waals surface area contributed by atoms with E-state index in [1.165, 1.54) is 18.5 Å². The molecule has 2 N–H and O–H groups in total. The van der Waals surface area contributed by atoms with Gasteiger partial charge in [0.05, 0.1) is 18.5 Å². The Balaban J connectivity index is 2.45. The molecule has 1 unspecified atom stereocenters. The van der Waals surface area contributed by atoms with Crippen LogP contribution in [0, 0.1) is 5.92 Å². The number of aliphatic hydroxyl groups is 1. The first-order chi connectivity index (χ1) is 8.45. The number of nitrogens with one attached hydrogen (secondary N) is 1. The fraction of sp³-hybridized carbons (Fsp3) is 1.00. The Morgan fingerprint density at radius 3 is 2.61 bits per heavy atom. The predicted octanol–water partition coefficient (Wildman–Crippen LogP) is -0.745. The maximum absolute atomic E-state index is 12.1. The average Bonchev–Trinajstić information content (AvgIpc) is 2.29. The van der Waals surface area contributed by atoms with Crippen LogP contribution in [0.4, 0.5) is 0 Å². The summed E-state index contributed by atoms with van der Waals surface area (Å²) in [5.41, 5.74) is 0. The molecule has 0 radical (unpaired) electrons. The zero-order valence-electron chi connectivity index (χ0n) is 11.1. The van der Waals surface area contributed by atoms with Gasteiger partial charge < -0.3 is 15.2 Å². The third-order valence-corrected chi connectivity index (χ3v) is 5.20. The molecule has 1 heterocycles. The molecule has 1 atom stereocenters. The van der Waals surface area contributed by atoms with E-state index in [1.807, 2.05) is 0 Å². The van der Waals surface area contributed by atoms with Gasteiger partial charge in [-0.1, -0.05) is 0 Å². The molecular formula is C11H24N2O4S. The minimum atomic E-state index is -3.28. The third-order valence-electron chi connectivity index (χ3n) is 3.21. The van der Waals surface area contributed by atoms with Crippen LogP contribution >= 0.6 is 0 Å². The van der Waals surface area contributed by atoms with E-state index >= 15 is 0 Å². The van der Waals surface area contributed by atoms with E-state index in [-0.39, 0.29) is 24.8 Å². The van der Waals surface area contributed by atoms with Crippen LogP contribution in [0.15, 0.2) is 0 Å². The van der Waals surface area contributed by atoms with Crippen molar-refractivity contribution in [1.82, 2.24) is 9.62 Å². The number of nitrogens with zero attached hydrogens (tertiary/aromatic N) is 1. The fourth-order valence-electron chi connectivity index (χ4n) is 2.13. The Morgan fingerprint density at radius 1 is 1.44 bits per heavy atom. The maximum atomic E-state index is 12.1. The van der Waals surface area contributed by atoms with Crippen molar-refractivity contribution < 1.29 is 18.3 Å².